The van der Waals surface area contributed by atoms with Crippen LogP contribution in [0.5, 0.6) is 0 Å². The van der Waals surface area contributed by atoms with Crippen LogP contribution in [0.2, 0.25) is 0 Å². The van der Waals surface area contributed by atoms with E-state index in [1.165, 1.54) is 34.9 Å². The van der Waals surface area contributed by atoms with Crippen LogP contribution < -0.4 is 0 Å². The molecule has 0 radical (unpaired) electrons. The Bertz CT molecular complexity index is 975. The van der Waals surface area contributed by atoms with Crippen molar-refractivity contribution in [2.45, 2.75) is 94.7 Å². The van der Waals surface area contributed by atoms with Gasteiger partial charge in [0, 0.05) is 36.3 Å². The molecule has 4 bridgehead atoms. The molecule has 3 atom stereocenters. The molecule has 2 N–H and O–H groups in total. The Balaban J connectivity index is 1.27. The van der Waals surface area contributed by atoms with Gasteiger partial charge in [-0.15, -0.1) is 0 Å². The molecule has 5 heteroatoms. The summed E-state index contributed by atoms with van der Waals surface area (Å²) in [7, 11) is 0. The summed E-state index contributed by atoms with van der Waals surface area (Å²) >= 11 is 0. The number of H-pyrrole nitrogens is 1. The lowest BCUT2D eigenvalue weighted by molar-refractivity contribution is -0.174. The van der Waals surface area contributed by atoms with E-state index in [1.54, 1.807) is 0 Å². The molecule has 0 spiro atoms. The van der Waals surface area contributed by atoms with Gasteiger partial charge < -0.3 is 15.0 Å². The maximum absolute atomic E-state index is 13.4. The van der Waals surface area contributed by atoms with E-state index in [9.17, 15) is 9.90 Å². The van der Waals surface area contributed by atoms with Crippen LogP contribution in [0.1, 0.15) is 86.8 Å². The van der Waals surface area contributed by atoms with Crippen LogP contribution in [0, 0.1) is 12.8 Å². The summed E-state index contributed by atoms with van der Waals surface area (Å²) in [5, 5.41) is 12.1. The molecule has 5 aliphatic rings. The topological polar surface area (TPSA) is 69.2 Å². The molecule has 2 aromatic heterocycles. The molecule has 5 nitrogen and oxygen atoms in total. The third kappa shape index (κ3) is 2.77. The highest BCUT2D eigenvalue weighted by Gasteiger charge is 2.55. The van der Waals surface area contributed by atoms with E-state index in [-0.39, 0.29) is 23.9 Å². The number of nitrogens with zero attached hydrogens (tertiary/aromatic N) is 2. The minimum Gasteiger partial charge on any atom is -0.390 e. The number of nitrogens with one attached hydrogen (secondary N) is 1. The molecule has 0 aromatic carbocycles. The fourth-order valence-corrected chi connectivity index (χ4v) is 7.00. The van der Waals surface area contributed by atoms with Gasteiger partial charge >= 0.3 is 0 Å². The Morgan fingerprint density at radius 2 is 2.03 bits per heavy atom. The Morgan fingerprint density at radius 1 is 1.31 bits per heavy atom. The van der Waals surface area contributed by atoms with Gasteiger partial charge in [0.15, 0.2) is 0 Å². The van der Waals surface area contributed by atoms with Gasteiger partial charge in [0.2, 0.25) is 5.91 Å². The van der Waals surface area contributed by atoms with Gasteiger partial charge in [0.25, 0.3) is 0 Å². The zero-order valence-corrected chi connectivity index (χ0v) is 17.4. The Labute approximate surface area is 171 Å². The Morgan fingerprint density at radius 3 is 2.69 bits per heavy atom. The largest absolute Gasteiger partial charge is 0.390 e. The summed E-state index contributed by atoms with van der Waals surface area (Å²) < 4.78 is 0. The number of aryl methyl sites for hydroxylation is 1. The van der Waals surface area contributed by atoms with E-state index in [0.29, 0.717) is 18.3 Å². The van der Waals surface area contributed by atoms with Gasteiger partial charge in [-0.25, -0.2) is 4.98 Å². The minimum absolute atomic E-state index is 0.164. The fraction of sp³-hybridized carbons (Fsp3) is 0.667. The highest BCUT2D eigenvalue weighted by molar-refractivity contribution is 5.87. The number of aromatic nitrogens is 2. The first-order valence-corrected chi connectivity index (χ1v) is 11.4. The van der Waals surface area contributed by atoms with Crippen molar-refractivity contribution in [3.8, 4) is 0 Å². The molecular formula is C24H31N3O2. The molecule has 3 aliphatic carbocycles. The molecule has 29 heavy (non-hydrogen) atoms. The van der Waals surface area contributed by atoms with Crippen molar-refractivity contribution in [1.82, 2.24) is 14.9 Å². The van der Waals surface area contributed by atoms with Crippen molar-refractivity contribution in [3.63, 3.8) is 0 Å². The zero-order chi connectivity index (χ0) is 19.9. The molecule has 2 aromatic rings. The third-order valence-corrected chi connectivity index (χ3v) is 8.15. The first kappa shape index (κ1) is 17.9. The second-order valence-electron chi connectivity index (χ2n) is 10.5. The predicted molar refractivity (Wildman–Crippen MR) is 112 cm³/mol. The van der Waals surface area contributed by atoms with Crippen LogP contribution in [-0.4, -0.2) is 43.6 Å². The Hall–Kier alpha value is -1.88. The average molecular weight is 394 g/mol. The van der Waals surface area contributed by atoms with Crippen molar-refractivity contribution in [2.75, 3.05) is 0 Å². The van der Waals surface area contributed by atoms with Crippen LogP contribution in [0.25, 0.3) is 11.0 Å². The molecule has 3 unspecified atom stereocenters. The lowest BCUT2D eigenvalue weighted by Gasteiger charge is -2.59. The minimum atomic E-state index is -0.502. The van der Waals surface area contributed by atoms with E-state index < -0.39 is 5.60 Å². The smallest absolute Gasteiger partial charge is 0.223 e. The maximum atomic E-state index is 13.4. The molecule has 2 saturated heterocycles. The molecule has 4 heterocycles. The van der Waals surface area contributed by atoms with Crippen molar-refractivity contribution in [2.24, 2.45) is 5.92 Å². The monoisotopic (exact) mass is 393 g/mol. The summed E-state index contributed by atoms with van der Waals surface area (Å²) in [6.45, 7) is 4.35. The number of carbonyl (C=O) groups is 1. The lowest BCUT2D eigenvalue weighted by atomic mass is 9.61. The third-order valence-electron chi connectivity index (χ3n) is 8.15. The summed E-state index contributed by atoms with van der Waals surface area (Å²) in [5.74, 6) is 1.71. The predicted octanol–water partition coefficient (Wildman–Crippen LogP) is 4.15. The van der Waals surface area contributed by atoms with E-state index in [2.05, 4.69) is 34.9 Å². The number of fused-ring (bicyclic) bond motifs is 1. The molecule has 5 fully saturated rings. The normalized spacial score (nSPS) is 34.2. The van der Waals surface area contributed by atoms with Crippen molar-refractivity contribution >= 4 is 16.9 Å². The maximum Gasteiger partial charge on any atom is 0.223 e. The van der Waals surface area contributed by atoms with Crippen LogP contribution in [0.4, 0.5) is 0 Å². The van der Waals surface area contributed by atoms with Gasteiger partial charge in [-0.3, -0.25) is 4.79 Å². The number of aliphatic hydroxyl groups is 1. The number of rotatable bonds is 4. The highest BCUT2D eigenvalue weighted by atomic mass is 16.3. The number of hydrogen-bond donors (Lipinski definition) is 2. The average Bonchev–Trinajstić information content (AvgIpc) is 3.37. The summed E-state index contributed by atoms with van der Waals surface area (Å²) in [4.78, 5) is 23.5. The number of pyridine rings is 1. The fourth-order valence-electron chi connectivity index (χ4n) is 7.00. The van der Waals surface area contributed by atoms with Crippen molar-refractivity contribution in [3.05, 3.63) is 29.1 Å². The summed E-state index contributed by atoms with van der Waals surface area (Å²) in [5.41, 5.74) is 4.43. The second-order valence-corrected chi connectivity index (χ2v) is 10.5. The van der Waals surface area contributed by atoms with Crippen LogP contribution >= 0.6 is 0 Å². The van der Waals surface area contributed by atoms with Crippen molar-refractivity contribution in [1.29, 1.82) is 0 Å². The van der Waals surface area contributed by atoms with Gasteiger partial charge in [0.1, 0.15) is 5.65 Å². The molecule has 154 valence electrons. The number of carbonyl (C=O) groups excluding carboxylic acids is 1. The molecule has 7 rings (SSSR count). The number of amides is 1. The standard InChI is InChI=1S/C24H31N3O2/c1-13(19-12-26-23-22(19)21(16-3-4-16)14(2)11-25-23)5-20(28)27-17-6-15-7-18(27)10-24(29,8-15)9-17/h11-13,15-18,29H,3-10H2,1-2H3,(H,25,26). The Kier molecular flexibility index (Phi) is 3.75. The molecule has 1 amide bonds. The van der Waals surface area contributed by atoms with Crippen molar-refractivity contribution < 1.29 is 9.90 Å². The zero-order valence-electron chi connectivity index (χ0n) is 17.4. The SMILES string of the molecule is Cc1cnc2[nH]cc(C(C)CC(=O)N3C4CC5CC3CC(O)(C5)C4)c2c1C1CC1. The number of hydrogen-bond acceptors (Lipinski definition) is 3. The first-order valence-electron chi connectivity index (χ1n) is 11.4. The van der Waals surface area contributed by atoms with Crippen LogP contribution in [0.15, 0.2) is 12.4 Å². The van der Waals surface area contributed by atoms with E-state index in [4.69, 9.17) is 0 Å². The van der Waals surface area contributed by atoms with E-state index >= 15 is 0 Å². The summed E-state index contributed by atoms with van der Waals surface area (Å²) in [6, 6.07) is 0.500. The van der Waals surface area contributed by atoms with Gasteiger partial charge in [-0.2, -0.15) is 0 Å². The van der Waals surface area contributed by atoms with Gasteiger partial charge in [0.05, 0.1) is 5.60 Å². The van der Waals surface area contributed by atoms with Gasteiger partial charge in [-0.05, 0) is 86.3 Å². The summed E-state index contributed by atoms with van der Waals surface area (Å²) in [6.07, 6.45) is 11.8. The molecular weight excluding hydrogens is 362 g/mol. The van der Waals surface area contributed by atoms with Crippen LogP contribution in [-0.2, 0) is 4.79 Å². The highest BCUT2D eigenvalue weighted by Crippen LogP contribution is 2.52. The van der Waals surface area contributed by atoms with E-state index in [0.717, 1.165) is 37.8 Å². The second kappa shape index (κ2) is 6.07. The first-order chi connectivity index (χ1) is 13.9. The van der Waals surface area contributed by atoms with E-state index in [1.807, 2.05) is 6.20 Å². The number of piperidine rings is 2. The number of aromatic amines is 1. The molecule has 2 aliphatic heterocycles. The quantitative estimate of drug-likeness (QED) is 0.820. The van der Waals surface area contributed by atoms with Gasteiger partial charge in [-0.1, -0.05) is 6.92 Å². The molecule has 3 saturated carbocycles. The van der Waals surface area contributed by atoms with Crippen LogP contribution in [0.3, 0.4) is 0 Å². The lowest BCUT2D eigenvalue weighted by Crippen LogP contribution is -2.65.